The van der Waals surface area contributed by atoms with Crippen LogP contribution in [0, 0.1) is 13.8 Å². The number of nitrogens with zero attached hydrogens (tertiary/aromatic N) is 4. The number of likely N-dealkylation sites (N-methyl/N-ethyl adjacent to an activating group) is 1. The third-order valence-corrected chi connectivity index (χ3v) is 6.14. The largest absolute Gasteiger partial charge is 0.497 e. The molecule has 4 rings (SSSR count). The minimum atomic E-state index is -0.301. The molecule has 0 fully saturated rings. The summed E-state index contributed by atoms with van der Waals surface area (Å²) in [7, 11) is 4.80. The normalized spacial score (nSPS) is 10.8. The van der Waals surface area contributed by atoms with E-state index in [1.807, 2.05) is 50.2 Å². The number of aryl methyl sites for hydroxylation is 1. The average Bonchev–Trinajstić information content (AvgIpc) is 3.28. The fourth-order valence-corrected chi connectivity index (χ4v) is 3.93. The molecule has 2 aromatic carbocycles. The van der Waals surface area contributed by atoms with E-state index in [-0.39, 0.29) is 18.4 Å². The lowest BCUT2D eigenvalue weighted by atomic mass is 10.1. The zero-order valence-electron chi connectivity index (χ0n) is 21.0. The number of benzene rings is 2. The first-order chi connectivity index (χ1) is 17.3. The molecular weight excluding hydrogens is 458 g/mol. The van der Waals surface area contributed by atoms with Gasteiger partial charge in [0.25, 0.3) is 5.91 Å². The average molecular weight is 488 g/mol. The number of amides is 2. The Morgan fingerprint density at radius 1 is 1.06 bits per heavy atom. The van der Waals surface area contributed by atoms with E-state index < -0.39 is 0 Å². The van der Waals surface area contributed by atoms with Gasteiger partial charge in [0.1, 0.15) is 11.5 Å². The van der Waals surface area contributed by atoms with Gasteiger partial charge in [-0.3, -0.25) is 9.59 Å². The van der Waals surface area contributed by atoms with Crippen LogP contribution >= 0.6 is 0 Å². The number of hydrogen-bond acceptors (Lipinski definition) is 6. The molecule has 2 amide bonds. The van der Waals surface area contributed by atoms with Crippen molar-refractivity contribution in [2.45, 2.75) is 20.4 Å². The van der Waals surface area contributed by atoms with Crippen molar-refractivity contribution in [1.82, 2.24) is 19.7 Å². The van der Waals surface area contributed by atoms with Gasteiger partial charge in [-0.2, -0.15) is 5.10 Å². The second-order valence-corrected chi connectivity index (χ2v) is 8.57. The number of rotatable bonds is 8. The van der Waals surface area contributed by atoms with Crippen LogP contribution in [-0.2, 0) is 11.3 Å². The summed E-state index contributed by atoms with van der Waals surface area (Å²) in [5, 5.41) is 8.05. The zero-order chi connectivity index (χ0) is 25.8. The van der Waals surface area contributed by atoms with Crippen molar-refractivity contribution in [3.05, 3.63) is 77.1 Å². The first kappa shape index (κ1) is 24.7. The second-order valence-electron chi connectivity index (χ2n) is 8.57. The van der Waals surface area contributed by atoms with Gasteiger partial charge >= 0.3 is 0 Å². The molecule has 9 nitrogen and oxygen atoms in total. The van der Waals surface area contributed by atoms with E-state index >= 15 is 0 Å². The maximum atomic E-state index is 13.0. The first-order valence-corrected chi connectivity index (χ1v) is 11.4. The lowest BCUT2D eigenvalue weighted by molar-refractivity contribution is -0.116. The zero-order valence-corrected chi connectivity index (χ0v) is 21.0. The number of hydrogen-bond donors (Lipinski definition) is 1. The minimum Gasteiger partial charge on any atom is -0.497 e. The molecular formula is C27H29N5O4. The SMILES string of the molecule is COc1ccc(Cn2ncc3cc(C(=O)N(C)CC(=O)Nc4cccc(C)c4C)cnc32)c(OC)c1. The predicted molar refractivity (Wildman–Crippen MR) is 138 cm³/mol. The van der Waals surface area contributed by atoms with Crippen LogP contribution in [-0.4, -0.2) is 59.3 Å². The number of carbonyl (C=O) groups is 2. The van der Waals surface area contributed by atoms with Crippen molar-refractivity contribution < 1.29 is 19.1 Å². The standard InChI is InChI=1S/C27H29N5O4/c1-17-7-6-8-23(18(17)2)30-25(33)16-31(3)27(34)21-11-20-14-29-32(26(20)28-13-21)15-19-9-10-22(35-4)12-24(19)36-5/h6-14H,15-16H2,1-5H3,(H,30,33). The number of fused-ring (bicyclic) bond motifs is 1. The molecule has 0 aliphatic heterocycles. The smallest absolute Gasteiger partial charge is 0.255 e. The van der Waals surface area contributed by atoms with Crippen molar-refractivity contribution >= 4 is 28.5 Å². The molecule has 0 saturated heterocycles. The maximum Gasteiger partial charge on any atom is 0.255 e. The van der Waals surface area contributed by atoms with Crippen LogP contribution in [0.1, 0.15) is 27.0 Å². The fraction of sp³-hybridized carbons (Fsp3) is 0.259. The lowest BCUT2D eigenvalue weighted by Crippen LogP contribution is -2.35. The summed E-state index contributed by atoms with van der Waals surface area (Å²) >= 11 is 0. The van der Waals surface area contributed by atoms with Crippen molar-refractivity contribution in [3.63, 3.8) is 0 Å². The van der Waals surface area contributed by atoms with Crippen LogP contribution in [0.3, 0.4) is 0 Å². The Balaban J connectivity index is 1.46. The van der Waals surface area contributed by atoms with Crippen molar-refractivity contribution in [1.29, 1.82) is 0 Å². The Hall–Kier alpha value is -4.40. The summed E-state index contributed by atoms with van der Waals surface area (Å²) in [6.45, 7) is 4.29. The van der Waals surface area contributed by atoms with Crippen LogP contribution in [0.2, 0.25) is 0 Å². The molecule has 36 heavy (non-hydrogen) atoms. The van der Waals surface area contributed by atoms with Gasteiger partial charge in [-0.05, 0) is 49.2 Å². The predicted octanol–water partition coefficient (Wildman–Crippen LogP) is 3.82. The molecule has 9 heteroatoms. The monoisotopic (exact) mass is 487 g/mol. The molecule has 0 saturated carbocycles. The van der Waals surface area contributed by atoms with Crippen LogP contribution in [0.4, 0.5) is 5.69 Å². The topological polar surface area (TPSA) is 98.6 Å². The Morgan fingerprint density at radius 3 is 2.61 bits per heavy atom. The minimum absolute atomic E-state index is 0.0826. The van der Waals surface area contributed by atoms with E-state index in [1.54, 1.807) is 38.2 Å². The maximum absolute atomic E-state index is 13.0. The summed E-state index contributed by atoms with van der Waals surface area (Å²) < 4.78 is 12.5. The van der Waals surface area contributed by atoms with Crippen LogP contribution in [0.25, 0.3) is 11.0 Å². The van der Waals surface area contributed by atoms with Gasteiger partial charge in [0.15, 0.2) is 5.65 Å². The van der Waals surface area contributed by atoms with E-state index in [9.17, 15) is 9.59 Å². The fourth-order valence-electron chi connectivity index (χ4n) is 3.93. The van der Waals surface area contributed by atoms with Crippen molar-refractivity contribution in [2.24, 2.45) is 0 Å². The van der Waals surface area contributed by atoms with Crippen LogP contribution in [0.5, 0.6) is 11.5 Å². The molecule has 0 spiro atoms. The molecule has 0 aliphatic rings. The van der Waals surface area contributed by atoms with Gasteiger partial charge < -0.3 is 19.7 Å². The van der Waals surface area contributed by atoms with Gasteiger partial charge in [-0.1, -0.05) is 12.1 Å². The number of pyridine rings is 1. The summed E-state index contributed by atoms with van der Waals surface area (Å²) in [6.07, 6.45) is 3.18. The molecule has 2 aromatic heterocycles. The van der Waals surface area contributed by atoms with E-state index in [2.05, 4.69) is 15.4 Å². The highest BCUT2D eigenvalue weighted by molar-refractivity contribution is 6.00. The second kappa shape index (κ2) is 10.5. The lowest BCUT2D eigenvalue weighted by Gasteiger charge is -2.18. The third kappa shape index (κ3) is 5.14. The molecule has 0 radical (unpaired) electrons. The summed E-state index contributed by atoms with van der Waals surface area (Å²) in [6, 6.07) is 13.1. The van der Waals surface area contributed by atoms with E-state index in [0.717, 1.165) is 27.8 Å². The number of ether oxygens (including phenoxy) is 2. The van der Waals surface area contributed by atoms with Gasteiger partial charge in [0.05, 0.1) is 39.1 Å². The van der Waals surface area contributed by atoms with Gasteiger partial charge in [0.2, 0.25) is 5.91 Å². The number of nitrogens with one attached hydrogen (secondary N) is 1. The molecule has 0 atom stereocenters. The summed E-state index contributed by atoms with van der Waals surface area (Å²) in [5.41, 5.74) is 4.76. The quantitative estimate of drug-likeness (QED) is 0.406. The molecule has 0 aliphatic carbocycles. The third-order valence-electron chi connectivity index (χ3n) is 6.14. The highest BCUT2D eigenvalue weighted by Crippen LogP contribution is 2.26. The highest BCUT2D eigenvalue weighted by Gasteiger charge is 2.18. The van der Waals surface area contributed by atoms with Gasteiger partial charge in [-0.25, -0.2) is 9.67 Å². The number of anilines is 1. The van der Waals surface area contributed by atoms with Gasteiger partial charge in [0, 0.05) is 35.9 Å². The number of methoxy groups -OCH3 is 2. The molecule has 0 unspecified atom stereocenters. The molecule has 4 aromatic rings. The molecule has 0 bridgehead atoms. The van der Waals surface area contributed by atoms with E-state index in [1.165, 1.54) is 11.1 Å². The molecule has 1 N–H and O–H groups in total. The number of aromatic nitrogens is 3. The Kier molecular flexibility index (Phi) is 7.19. The van der Waals surface area contributed by atoms with Crippen LogP contribution < -0.4 is 14.8 Å². The Morgan fingerprint density at radius 2 is 1.86 bits per heavy atom. The Labute approximate surface area is 209 Å². The first-order valence-electron chi connectivity index (χ1n) is 11.4. The van der Waals surface area contributed by atoms with Crippen LogP contribution in [0.15, 0.2) is 54.9 Å². The molecule has 186 valence electrons. The summed E-state index contributed by atoms with van der Waals surface area (Å²) in [4.78, 5) is 31.4. The molecule has 2 heterocycles. The Bertz CT molecular complexity index is 1430. The van der Waals surface area contributed by atoms with Crippen molar-refractivity contribution in [2.75, 3.05) is 33.1 Å². The van der Waals surface area contributed by atoms with Crippen molar-refractivity contribution in [3.8, 4) is 11.5 Å². The summed E-state index contributed by atoms with van der Waals surface area (Å²) in [5.74, 6) is 0.819. The highest BCUT2D eigenvalue weighted by atomic mass is 16.5. The van der Waals surface area contributed by atoms with Gasteiger partial charge in [-0.15, -0.1) is 0 Å². The van der Waals surface area contributed by atoms with E-state index in [4.69, 9.17) is 9.47 Å². The number of carbonyl (C=O) groups excluding carboxylic acids is 2. The van der Waals surface area contributed by atoms with E-state index in [0.29, 0.717) is 29.3 Å².